The Labute approximate surface area is 117 Å². The Kier molecular flexibility index (Phi) is 7.32. The van der Waals surface area contributed by atoms with Gasteiger partial charge in [-0.2, -0.15) is 0 Å². The standard InChI is InChI=1S/C13H18FNO3S/c1-16-7-8-17-5-2-6-18-12-4-3-10(14)9-11(12)13(15)19/h3-4,9H,2,5-8H2,1H3,(H2,15,19). The maximum Gasteiger partial charge on any atom is 0.129 e. The largest absolute Gasteiger partial charge is 0.493 e. The number of nitrogens with two attached hydrogens (primary N) is 1. The summed E-state index contributed by atoms with van der Waals surface area (Å²) in [6.07, 6.45) is 0.720. The molecule has 0 aliphatic carbocycles. The Morgan fingerprint density at radius 2 is 2.05 bits per heavy atom. The van der Waals surface area contributed by atoms with Crippen molar-refractivity contribution in [2.45, 2.75) is 6.42 Å². The van der Waals surface area contributed by atoms with Crippen LogP contribution in [-0.4, -0.2) is 38.5 Å². The Balaban J connectivity index is 2.35. The van der Waals surface area contributed by atoms with Crippen LogP contribution in [0.5, 0.6) is 5.75 Å². The van der Waals surface area contributed by atoms with Gasteiger partial charge in [-0.3, -0.25) is 0 Å². The van der Waals surface area contributed by atoms with Gasteiger partial charge in [-0.05, 0) is 18.2 Å². The molecule has 0 radical (unpaired) electrons. The van der Waals surface area contributed by atoms with Gasteiger partial charge in [-0.25, -0.2) is 4.39 Å². The van der Waals surface area contributed by atoms with Crippen LogP contribution < -0.4 is 10.5 Å². The molecule has 6 heteroatoms. The van der Waals surface area contributed by atoms with E-state index >= 15 is 0 Å². The van der Waals surface area contributed by atoms with Gasteiger partial charge in [0.2, 0.25) is 0 Å². The van der Waals surface area contributed by atoms with E-state index in [1.165, 1.54) is 18.2 Å². The average molecular weight is 287 g/mol. The van der Waals surface area contributed by atoms with Crippen LogP contribution in [0.4, 0.5) is 4.39 Å². The second kappa shape index (κ2) is 8.79. The lowest BCUT2D eigenvalue weighted by Gasteiger charge is -2.10. The molecule has 0 amide bonds. The lowest BCUT2D eigenvalue weighted by Crippen LogP contribution is -2.13. The van der Waals surface area contributed by atoms with E-state index in [0.29, 0.717) is 37.7 Å². The molecule has 4 nitrogen and oxygen atoms in total. The number of halogens is 1. The maximum absolute atomic E-state index is 13.1. The molecule has 0 atom stereocenters. The minimum Gasteiger partial charge on any atom is -0.493 e. The summed E-state index contributed by atoms with van der Waals surface area (Å²) in [7, 11) is 1.62. The predicted octanol–water partition coefficient (Wildman–Crippen LogP) is 1.89. The second-order valence-electron chi connectivity index (χ2n) is 3.81. The monoisotopic (exact) mass is 287 g/mol. The van der Waals surface area contributed by atoms with Crippen molar-refractivity contribution in [3.05, 3.63) is 29.6 Å². The molecule has 0 saturated heterocycles. The molecule has 0 spiro atoms. The first kappa shape index (κ1) is 15.8. The molecule has 0 aliphatic rings. The molecule has 0 bridgehead atoms. The summed E-state index contributed by atoms with van der Waals surface area (Å²) in [5.74, 6) is 0.101. The number of benzene rings is 1. The van der Waals surface area contributed by atoms with E-state index in [1.54, 1.807) is 7.11 Å². The highest BCUT2D eigenvalue weighted by Gasteiger charge is 2.07. The van der Waals surface area contributed by atoms with Crippen LogP contribution in [0.1, 0.15) is 12.0 Å². The van der Waals surface area contributed by atoms with E-state index in [2.05, 4.69) is 0 Å². The minimum atomic E-state index is -0.391. The van der Waals surface area contributed by atoms with Gasteiger partial charge in [0.15, 0.2) is 0 Å². The quantitative estimate of drug-likeness (QED) is 0.555. The van der Waals surface area contributed by atoms with Gasteiger partial charge in [-0.15, -0.1) is 0 Å². The molecule has 1 rings (SSSR count). The van der Waals surface area contributed by atoms with Crippen LogP contribution in [0, 0.1) is 5.82 Å². The van der Waals surface area contributed by atoms with Crippen LogP contribution in [0.25, 0.3) is 0 Å². The van der Waals surface area contributed by atoms with E-state index in [1.807, 2.05) is 0 Å². The summed E-state index contributed by atoms with van der Waals surface area (Å²) < 4.78 is 28.7. The fourth-order valence-corrected chi connectivity index (χ4v) is 1.57. The summed E-state index contributed by atoms with van der Waals surface area (Å²) in [6, 6.07) is 4.11. The molecule has 106 valence electrons. The molecule has 0 aromatic heterocycles. The van der Waals surface area contributed by atoms with Crippen LogP contribution in [0.2, 0.25) is 0 Å². The number of ether oxygens (including phenoxy) is 3. The predicted molar refractivity (Wildman–Crippen MR) is 75.1 cm³/mol. The molecule has 0 fully saturated rings. The first-order valence-electron chi connectivity index (χ1n) is 5.94. The van der Waals surface area contributed by atoms with Gasteiger partial charge in [0.05, 0.1) is 25.4 Å². The first-order chi connectivity index (χ1) is 9.15. The highest BCUT2D eigenvalue weighted by atomic mass is 32.1. The van der Waals surface area contributed by atoms with Crippen molar-refractivity contribution in [3.8, 4) is 5.75 Å². The fourth-order valence-electron chi connectivity index (χ4n) is 1.41. The van der Waals surface area contributed by atoms with Gasteiger partial charge in [0.1, 0.15) is 16.6 Å². The van der Waals surface area contributed by atoms with Crippen LogP contribution in [-0.2, 0) is 9.47 Å². The van der Waals surface area contributed by atoms with Crippen molar-refractivity contribution in [3.63, 3.8) is 0 Å². The summed E-state index contributed by atoms with van der Waals surface area (Å²) in [6.45, 7) is 2.16. The molecule has 0 aliphatic heterocycles. The second-order valence-corrected chi connectivity index (χ2v) is 4.25. The molecule has 19 heavy (non-hydrogen) atoms. The minimum absolute atomic E-state index is 0.117. The molecular weight excluding hydrogens is 269 g/mol. The third-order valence-corrected chi connectivity index (χ3v) is 2.55. The Bertz CT molecular complexity index is 415. The zero-order chi connectivity index (χ0) is 14.1. The molecule has 0 unspecified atom stereocenters. The topological polar surface area (TPSA) is 53.7 Å². The fraction of sp³-hybridized carbons (Fsp3) is 0.462. The smallest absolute Gasteiger partial charge is 0.129 e. The molecular formula is C13H18FNO3S. The third kappa shape index (κ3) is 5.96. The van der Waals surface area contributed by atoms with E-state index in [0.717, 1.165) is 6.42 Å². The summed E-state index contributed by atoms with van der Waals surface area (Å²) in [5.41, 5.74) is 5.93. The van der Waals surface area contributed by atoms with Crippen molar-refractivity contribution < 1.29 is 18.6 Å². The first-order valence-corrected chi connectivity index (χ1v) is 6.35. The van der Waals surface area contributed by atoms with Crippen molar-refractivity contribution in [1.82, 2.24) is 0 Å². The number of thiocarbonyl (C=S) groups is 1. The number of methoxy groups -OCH3 is 1. The number of hydrogen-bond donors (Lipinski definition) is 1. The van der Waals surface area contributed by atoms with Gasteiger partial charge >= 0.3 is 0 Å². The van der Waals surface area contributed by atoms with Gasteiger partial charge in [-0.1, -0.05) is 12.2 Å². The van der Waals surface area contributed by atoms with E-state index < -0.39 is 5.82 Å². The number of rotatable bonds is 9. The van der Waals surface area contributed by atoms with Crippen LogP contribution in [0.3, 0.4) is 0 Å². The lowest BCUT2D eigenvalue weighted by molar-refractivity contribution is 0.0644. The van der Waals surface area contributed by atoms with Gasteiger partial charge in [0.25, 0.3) is 0 Å². The zero-order valence-corrected chi connectivity index (χ0v) is 11.7. The summed E-state index contributed by atoms with van der Waals surface area (Å²) >= 11 is 4.85. The normalized spacial score (nSPS) is 10.4. The van der Waals surface area contributed by atoms with Crippen molar-refractivity contribution in [1.29, 1.82) is 0 Å². The van der Waals surface area contributed by atoms with Crippen molar-refractivity contribution >= 4 is 17.2 Å². The molecule has 0 heterocycles. The SMILES string of the molecule is COCCOCCCOc1ccc(F)cc1C(N)=S. The molecule has 1 aromatic carbocycles. The van der Waals surface area contributed by atoms with Crippen LogP contribution >= 0.6 is 12.2 Å². The highest BCUT2D eigenvalue weighted by Crippen LogP contribution is 2.19. The number of hydrogen-bond acceptors (Lipinski definition) is 4. The van der Waals surface area contributed by atoms with Gasteiger partial charge < -0.3 is 19.9 Å². The van der Waals surface area contributed by atoms with E-state index in [4.69, 9.17) is 32.2 Å². The van der Waals surface area contributed by atoms with Crippen LogP contribution in [0.15, 0.2) is 18.2 Å². The molecule has 2 N–H and O–H groups in total. The Hall–Kier alpha value is -1.24. The zero-order valence-electron chi connectivity index (χ0n) is 10.9. The summed E-state index contributed by atoms with van der Waals surface area (Å²) in [4.78, 5) is 0.117. The average Bonchev–Trinajstić information content (AvgIpc) is 2.39. The Morgan fingerprint density at radius 1 is 1.26 bits per heavy atom. The van der Waals surface area contributed by atoms with E-state index in [9.17, 15) is 4.39 Å². The van der Waals surface area contributed by atoms with E-state index in [-0.39, 0.29) is 4.99 Å². The summed E-state index contributed by atoms with van der Waals surface area (Å²) in [5, 5.41) is 0. The lowest BCUT2D eigenvalue weighted by atomic mass is 10.2. The van der Waals surface area contributed by atoms with Crippen molar-refractivity contribution in [2.75, 3.05) is 33.5 Å². The maximum atomic E-state index is 13.1. The molecule has 0 saturated carbocycles. The Morgan fingerprint density at radius 3 is 2.74 bits per heavy atom. The van der Waals surface area contributed by atoms with Gasteiger partial charge in [0, 0.05) is 20.1 Å². The van der Waals surface area contributed by atoms with Crippen molar-refractivity contribution in [2.24, 2.45) is 5.73 Å². The third-order valence-electron chi connectivity index (χ3n) is 2.33. The highest BCUT2D eigenvalue weighted by molar-refractivity contribution is 7.80. The molecule has 1 aromatic rings.